The molecule has 3 nitrogen and oxygen atoms in total. The maximum atomic E-state index is 12.0. The molecule has 0 atom stereocenters. The van der Waals surface area contributed by atoms with E-state index < -0.39 is 5.54 Å². The predicted molar refractivity (Wildman–Crippen MR) is 67.1 cm³/mol. The van der Waals surface area contributed by atoms with Gasteiger partial charge in [-0.15, -0.1) is 0 Å². The van der Waals surface area contributed by atoms with Gasteiger partial charge in [0.25, 0.3) is 0 Å². The molecule has 0 aromatic carbocycles. The standard InChI is InChI=1S/C13H26N2O/c1-13(2,14)10-12(16)15(3)11-8-6-4-5-7-9-11/h11H,4-10,14H2,1-3H3. The van der Waals surface area contributed by atoms with E-state index in [0.717, 1.165) is 12.8 Å². The first-order chi connectivity index (χ1) is 7.40. The van der Waals surface area contributed by atoms with Crippen LogP contribution in [0.4, 0.5) is 0 Å². The molecule has 1 aliphatic carbocycles. The van der Waals surface area contributed by atoms with E-state index in [-0.39, 0.29) is 5.91 Å². The third-order valence-electron chi connectivity index (χ3n) is 3.37. The molecular weight excluding hydrogens is 200 g/mol. The Morgan fingerprint density at radius 2 is 1.75 bits per heavy atom. The summed E-state index contributed by atoms with van der Waals surface area (Å²) in [6.45, 7) is 3.82. The second kappa shape index (κ2) is 5.67. The lowest BCUT2D eigenvalue weighted by Crippen LogP contribution is -2.43. The van der Waals surface area contributed by atoms with Gasteiger partial charge in [0.2, 0.25) is 5.91 Å². The molecule has 0 aromatic heterocycles. The highest BCUT2D eigenvalue weighted by Gasteiger charge is 2.24. The monoisotopic (exact) mass is 226 g/mol. The van der Waals surface area contributed by atoms with Crippen molar-refractivity contribution >= 4 is 5.91 Å². The van der Waals surface area contributed by atoms with Crippen molar-refractivity contribution in [3.8, 4) is 0 Å². The average Bonchev–Trinajstić information content (AvgIpc) is 2.41. The van der Waals surface area contributed by atoms with Crippen LogP contribution in [0.5, 0.6) is 0 Å². The van der Waals surface area contributed by atoms with E-state index in [1.807, 2.05) is 25.8 Å². The van der Waals surface area contributed by atoms with Crippen LogP contribution in [0.3, 0.4) is 0 Å². The fourth-order valence-corrected chi connectivity index (χ4v) is 2.36. The molecule has 1 saturated carbocycles. The summed E-state index contributed by atoms with van der Waals surface area (Å²) in [7, 11) is 1.93. The first kappa shape index (κ1) is 13.5. The Morgan fingerprint density at radius 3 is 2.19 bits per heavy atom. The molecule has 1 rings (SSSR count). The van der Waals surface area contributed by atoms with Crippen molar-refractivity contribution in [1.29, 1.82) is 0 Å². The Bertz CT molecular complexity index is 225. The van der Waals surface area contributed by atoms with E-state index in [9.17, 15) is 4.79 Å². The van der Waals surface area contributed by atoms with Crippen molar-refractivity contribution < 1.29 is 4.79 Å². The van der Waals surface area contributed by atoms with Crippen molar-refractivity contribution in [3.63, 3.8) is 0 Å². The lowest BCUT2D eigenvalue weighted by Gasteiger charge is -2.30. The van der Waals surface area contributed by atoms with Crippen LogP contribution in [-0.4, -0.2) is 29.4 Å². The van der Waals surface area contributed by atoms with E-state index >= 15 is 0 Å². The average molecular weight is 226 g/mol. The van der Waals surface area contributed by atoms with Gasteiger partial charge in [-0.1, -0.05) is 25.7 Å². The van der Waals surface area contributed by atoms with E-state index in [1.165, 1.54) is 25.7 Å². The molecule has 0 aliphatic heterocycles. The lowest BCUT2D eigenvalue weighted by atomic mass is 10.00. The highest BCUT2D eigenvalue weighted by Crippen LogP contribution is 2.22. The molecule has 0 saturated heterocycles. The van der Waals surface area contributed by atoms with Crippen molar-refractivity contribution in [1.82, 2.24) is 4.90 Å². The van der Waals surface area contributed by atoms with Crippen LogP contribution in [-0.2, 0) is 4.79 Å². The van der Waals surface area contributed by atoms with Gasteiger partial charge in [0.05, 0.1) is 0 Å². The summed E-state index contributed by atoms with van der Waals surface area (Å²) >= 11 is 0. The molecule has 0 spiro atoms. The van der Waals surface area contributed by atoms with Crippen molar-refractivity contribution in [2.45, 2.75) is 70.4 Å². The highest BCUT2D eigenvalue weighted by atomic mass is 16.2. The van der Waals surface area contributed by atoms with E-state index in [0.29, 0.717) is 12.5 Å². The number of amides is 1. The number of nitrogens with zero attached hydrogens (tertiary/aromatic N) is 1. The number of hydrogen-bond donors (Lipinski definition) is 1. The van der Waals surface area contributed by atoms with Crippen molar-refractivity contribution in [2.24, 2.45) is 5.73 Å². The Balaban J connectivity index is 2.48. The van der Waals surface area contributed by atoms with Crippen LogP contribution in [0.1, 0.15) is 58.8 Å². The van der Waals surface area contributed by atoms with Gasteiger partial charge in [-0.25, -0.2) is 0 Å². The fraction of sp³-hybridized carbons (Fsp3) is 0.923. The normalized spacial score (nSPS) is 19.2. The molecule has 0 radical (unpaired) electrons. The van der Waals surface area contributed by atoms with E-state index in [2.05, 4.69) is 0 Å². The quantitative estimate of drug-likeness (QED) is 0.751. The van der Waals surface area contributed by atoms with Crippen molar-refractivity contribution in [2.75, 3.05) is 7.05 Å². The summed E-state index contributed by atoms with van der Waals surface area (Å²) in [5.74, 6) is 0.194. The molecule has 3 heteroatoms. The van der Waals surface area contributed by atoms with Crippen LogP contribution >= 0.6 is 0 Å². The maximum absolute atomic E-state index is 12.0. The summed E-state index contributed by atoms with van der Waals surface area (Å²) in [6.07, 6.45) is 7.92. The van der Waals surface area contributed by atoms with Crippen LogP contribution in [0, 0.1) is 0 Å². The van der Waals surface area contributed by atoms with Gasteiger partial charge in [0, 0.05) is 25.0 Å². The zero-order valence-electron chi connectivity index (χ0n) is 11.0. The Hall–Kier alpha value is -0.570. The van der Waals surface area contributed by atoms with E-state index in [1.54, 1.807) is 0 Å². The predicted octanol–water partition coefficient (Wildman–Crippen LogP) is 2.29. The summed E-state index contributed by atoms with van der Waals surface area (Å²) < 4.78 is 0. The molecule has 1 fully saturated rings. The van der Waals surface area contributed by atoms with Gasteiger partial charge in [-0.05, 0) is 26.7 Å². The van der Waals surface area contributed by atoms with Gasteiger partial charge in [0.15, 0.2) is 0 Å². The molecule has 1 aliphatic rings. The summed E-state index contributed by atoms with van der Waals surface area (Å²) in [4.78, 5) is 13.9. The topological polar surface area (TPSA) is 46.3 Å². The second-order valence-electron chi connectivity index (χ2n) is 5.82. The first-order valence-corrected chi connectivity index (χ1v) is 6.45. The Kier molecular flexibility index (Phi) is 4.78. The molecule has 0 unspecified atom stereocenters. The van der Waals surface area contributed by atoms with Crippen LogP contribution < -0.4 is 5.73 Å². The molecular formula is C13H26N2O. The Morgan fingerprint density at radius 1 is 1.25 bits per heavy atom. The van der Waals surface area contributed by atoms with Gasteiger partial charge in [-0.3, -0.25) is 4.79 Å². The minimum absolute atomic E-state index is 0.194. The lowest BCUT2D eigenvalue weighted by molar-refractivity contribution is -0.133. The molecule has 0 bridgehead atoms. The molecule has 1 amide bonds. The van der Waals surface area contributed by atoms with Gasteiger partial charge >= 0.3 is 0 Å². The highest BCUT2D eigenvalue weighted by molar-refractivity contribution is 5.77. The third kappa shape index (κ3) is 4.52. The number of carbonyl (C=O) groups is 1. The number of nitrogens with two attached hydrogens (primary N) is 1. The van der Waals surface area contributed by atoms with Gasteiger partial charge in [-0.2, -0.15) is 0 Å². The number of carbonyl (C=O) groups excluding carboxylic acids is 1. The first-order valence-electron chi connectivity index (χ1n) is 6.45. The summed E-state index contributed by atoms with van der Waals surface area (Å²) in [6, 6.07) is 0.442. The largest absolute Gasteiger partial charge is 0.343 e. The molecule has 2 N–H and O–H groups in total. The molecule has 16 heavy (non-hydrogen) atoms. The zero-order chi connectivity index (χ0) is 12.2. The molecule has 94 valence electrons. The smallest absolute Gasteiger partial charge is 0.224 e. The molecule has 0 heterocycles. The second-order valence-corrected chi connectivity index (χ2v) is 5.82. The minimum Gasteiger partial charge on any atom is -0.343 e. The minimum atomic E-state index is -0.393. The number of hydrogen-bond acceptors (Lipinski definition) is 2. The summed E-state index contributed by atoms with van der Waals surface area (Å²) in [5.41, 5.74) is 5.49. The fourth-order valence-electron chi connectivity index (χ4n) is 2.36. The van der Waals surface area contributed by atoms with Crippen LogP contribution in [0.15, 0.2) is 0 Å². The zero-order valence-corrected chi connectivity index (χ0v) is 11.0. The van der Waals surface area contributed by atoms with Crippen LogP contribution in [0.2, 0.25) is 0 Å². The third-order valence-corrected chi connectivity index (χ3v) is 3.37. The molecule has 0 aromatic rings. The summed E-state index contributed by atoms with van der Waals surface area (Å²) in [5, 5.41) is 0. The number of rotatable bonds is 3. The van der Waals surface area contributed by atoms with Gasteiger partial charge < -0.3 is 10.6 Å². The van der Waals surface area contributed by atoms with Gasteiger partial charge in [0.1, 0.15) is 0 Å². The Labute approximate surface area is 99.4 Å². The van der Waals surface area contributed by atoms with Crippen LogP contribution in [0.25, 0.3) is 0 Å². The van der Waals surface area contributed by atoms with Crippen molar-refractivity contribution in [3.05, 3.63) is 0 Å². The SMILES string of the molecule is CN(C(=O)CC(C)(C)N)C1CCCCCC1. The maximum Gasteiger partial charge on any atom is 0.224 e. The van der Waals surface area contributed by atoms with E-state index in [4.69, 9.17) is 5.73 Å².